The molecule has 0 aromatic heterocycles. The van der Waals surface area contributed by atoms with Crippen LogP contribution >= 0.6 is 11.6 Å². The van der Waals surface area contributed by atoms with E-state index in [9.17, 15) is 0 Å². The van der Waals surface area contributed by atoms with Crippen molar-refractivity contribution < 1.29 is 0 Å². The molecule has 0 amide bonds. The van der Waals surface area contributed by atoms with Crippen molar-refractivity contribution in [1.29, 1.82) is 0 Å². The molecular formula is C26H37ClGeSi2. The summed E-state index contributed by atoms with van der Waals surface area (Å²) in [6.07, 6.45) is 2.24. The summed E-state index contributed by atoms with van der Waals surface area (Å²) in [5.74, 6) is 0. The van der Waals surface area contributed by atoms with Gasteiger partial charge in [0, 0.05) is 5.02 Å². The average Bonchev–Trinajstić information content (AvgIpc) is 2.75. The predicted octanol–water partition coefficient (Wildman–Crippen LogP) is 7.01. The van der Waals surface area contributed by atoms with Gasteiger partial charge in [-0.25, -0.2) is 0 Å². The van der Waals surface area contributed by atoms with Gasteiger partial charge >= 0.3 is 167 Å². The Balaban J connectivity index is 2.23. The van der Waals surface area contributed by atoms with Crippen LogP contribution in [0.5, 0.6) is 0 Å². The van der Waals surface area contributed by atoms with Gasteiger partial charge < -0.3 is 0 Å². The van der Waals surface area contributed by atoms with Gasteiger partial charge in [-0.3, -0.25) is 0 Å². The van der Waals surface area contributed by atoms with E-state index in [1.165, 1.54) is 31.7 Å². The van der Waals surface area contributed by atoms with Crippen molar-refractivity contribution in [3.63, 3.8) is 0 Å². The molecular weight excluding hydrogens is 477 g/mol. The van der Waals surface area contributed by atoms with Gasteiger partial charge in [0.1, 0.15) is 0 Å². The molecule has 0 bridgehead atoms. The third-order valence-corrected chi connectivity index (χ3v) is 22.6. The number of hydrogen-bond donors (Lipinski definition) is 0. The quantitative estimate of drug-likeness (QED) is 0.276. The Morgan fingerprint density at radius 3 is 1.80 bits per heavy atom. The predicted molar refractivity (Wildman–Crippen MR) is 146 cm³/mol. The van der Waals surface area contributed by atoms with E-state index < -0.39 is 29.4 Å². The van der Waals surface area contributed by atoms with Crippen LogP contribution in [-0.4, -0.2) is 29.4 Å². The van der Waals surface area contributed by atoms with Crippen LogP contribution in [0.4, 0.5) is 0 Å². The van der Waals surface area contributed by atoms with Crippen molar-refractivity contribution in [2.24, 2.45) is 0 Å². The van der Waals surface area contributed by atoms with E-state index in [1.54, 1.807) is 0 Å². The van der Waals surface area contributed by atoms with E-state index in [0.29, 0.717) is 0 Å². The zero-order chi connectivity index (χ0) is 22.4. The Morgan fingerprint density at radius 1 is 0.800 bits per heavy atom. The summed E-state index contributed by atoms with van der Waals surface area (Å²) >= 11 is 4.07. The van der Waals surface area contributed by atoms with Gasteiger partial charge in [-0.2, -0.15) is 0 Å². The van der Waals surface area contributed by atoms with Gasteiger partial charge in [0.15, 0.2) is 0 Å². The van der Waals surface area contributed by atoms with Crippen LogP contribution in [0.2, 0.25) is 47.0 Å². The normalized spacial score (nSPS) is 12.7. The van der Waals surface area contributed by atoms with E-state index in [4.69, 9.17) is 11.6 Å². The van der Waals surface area contributed by atoms with Crippen LogP contribution in [0.1, 0.15) is 26.3 Å². The summed E-state index contributed by atoms with van der Waals surface area (Å²) < 4.78 is 3.90. The fourth-order valence-electron chi connectivity index (χ4n) is 3.67. The number of hydrogen-bond acceptors (Lipinski definition) is 0. The molecule has 0 radical (unpaired) electrons. The second-order valence-electron chi connectivity index (χ2n) is 9.40. The molecule has 0 saturated carbocycles. The van der Waals surface area contributed by atoms with Crippen molar-refractivity contribution in [3.05, 3.63) is 64.8 Å². The topological polar surface area (TPSA) is 0 Å². The Morgan fingerprint density at radius 2 is 1.30 bits per heavy atom. The maximum absolute atomic E-state index is 6.00. The molecule has 0 fully saturated rings. The molecule has 0 aliphatic rings. The third kappa shape index (κ3) is 6.50. The molecule has 0 heterocycles. The minimum atomic E-state index is -1.93. The zero-order valence-electron chi connectivity index (χ0n) is 19.8. The maximum atomic E-state index is 6.00. The second kappa shape index (κ2) is 10.5. The summed E-state index contributed by atoms with van der Waals surface area (Å²) in [5, 5.41) is 7.68. The standard InChI is InChI=1S/C26H37ClGeSi2/c1-8-28(9-2,10-3)20-22-30(6,7)26-17-15-25(16-18-26)29(4,5)21-19-23-11-13-24(27)14-12-23/h11-19,21H,8-10H2,1-7H3. The molecule has 0 unspecified atom stereocenters. The van der Waals surface area contributed by atoms with Crippen LogP contribution in [0.25, 0.3) is 6.08 Å². The molecule has 30 heavy (non-hydrogen) atoms. The van der Waals surface area contributed by atoms with Crippen molar-refractivity contribution in [1.82, 2.24) is 0 Å². The molecule has 0 N–H and O–H groups in total. The summed E-state index contributed by atoms with van der Waals surface area (Å²) in [4.78, 5) is 0. The fourth-order valence-corrected chi connectivity index (χ4v) is 15.2. The first-order valence-electron chi connectivity index (χ1n) is 11.2. The van der Waals surface area contributed by atoms with Crippen molar-refractivity contribution in [2.45, 2.75) is 62.7 Å². The van der Waals surface area contributed by atoms with Gasteiger partial charge in [0.25, 0.3) is 0 Å². The molecule has 0 aliphatic carbocycles. The molecule has 2 aromatic rings. The fraction of sp³-hybridized carbons (Fsp3) is 0.385. The van der Waals surface area contributed by atoms with Crippen molar-refractivity contribution in [2.75, 3.05) is 0 Å². The summed E-state index contributed by atoms with van der Waals surface area (Å²) in [6, 6.07) is 17.5. The van der Waals surface area contributed by atoms with E-state index in [-0.39, 0.29) is 0 Å². The molecule has 0 aliphatic heterocycles. The van der Waals surface area contributed by atoms with Crippen LogP contribution in [0.3, 0.4) is 0 Å². The Hall–Kier alpha value is -0.993. The van der Waals surface area contributed by atoms with Gasteiger partial charge in [0.2, 0.25) is 0 Å². The first-order valence-corrected chi connectivity index (χ1v) is 23.1. The second-order valence-corrected chi connectivity index (χ2v) is 28.6. The Bertz CT molecular complexity index is 904. The van der Waals surface area contributed by atoms with Crippen LogP contribution in [0.15, 0.2) is 54.2 Å². The molecule has 2 aromatic carbocycles. The molecule has 0 saturated heterocycles. The minimum absolute atomic E-state index is 0.784. The molecule has 0 atom stereocenters. The van der Waals surface area contributed by atoms with E-state index in [0.717, 1.165) is 5.02 Å². The molecule has 4 heteroatoms. The summed E-state index contributed by atoms with van der Waals surface area (Å²) in [6.45, 7) is 16.7. The first kappa shape index (κ1) is 25.3. The third-order valence-electron chi connectivity index (χ3n) is 6.58. The van der Waals surface area contributed by atoms with Gasteiger partial charge in [0.05, 0.1) is 0 Å². The molecule has 160 valence electrons. The Kier molecular flexibility index (Phi) is 8.88. The van der Waals surface area contributed by atoms with E-state index in [1.807, 2.05) is 12.1 Å². The monoisotopic (exact) mass is 514 g/mol. The first-order chi connectivity index (χ1) is 14.1. The van der Waals surface area contributed by atoms with E-state index in [2.05, 4.69) is 105 Å². The van der Waals surface area contributed by atoms with Crippen LogP contribution in [-0.2, 0) is 0 Å². The molecule has 2 rings (SSSR count). The number of benzene rings is 2. The van der Waals surface area contributed by atoms with Gasteiger partial charge in [-0.1, -0.05) is 11.6 Å². The van der Waals surface area contributed by atoms with Gasteiger partial charge in [-0.15, -0.1) is 0 Å². The van der Waals surface area contributed by atoms with Crippen LogP contribution < -0.4 is 10.4 Å². The number of halogens is 1. The van der Waals surface area contributed by atoms with Crippen molar-refractivity contribution in [3.8, 4) is 10.3 Å². The van der Waals surface area contributed by atoms with Crippen LogP contribution in [0, 0.1) is 10.3 Å². The zero-order valence-corrected chi connectivity index (χ0v) is 24.6. The molecule has 0 spiro atoms. The summed E-state index contributed by atoms with van der Waals surface area (Å²) in [7, 11) is -3.37. The molecule has 0 nitrogen and oxygen atoms in total. The summed E-state index contributed by atoms with van der Waals surface area (Å²) in [5.41, 5.74) is 7.46. The number of rotatable bonds is 7. The SMILES string of the molecule is C[CH2][Ge]([C]#C[Si](C)(C)c1ccc([Si](C)(C)C=Cc2ccc(Cl)cc2)cc1)([CH2]C)[CH2]C. The van der Waals surface area contributed by atoms with E-state index >= 15 is 0 Å². The Labute approximate surface area is 194 Å². The van der Waals surface area contributed by atoms with Crippen molar-refractivity contribution >= 4 is 57.5 Å². The van der Waals surface area contributed by atoms with Gasteiger partial charge in [-0.05, 0) is 12.1 Å². The average molecular weight is 514 g/mol.